The van der Waals surface area contributed by atoms with Gasteiger partial charge in [-0.05, 0) is 56.3 Å². The third kappa shape index (κ3) is 3.09. The predicted molar refractivity (Wildman–Crippen MR) is 89.9 cm³/mol. The van der Waals surface area contributed by atoms with Crippen molar-refractivity contribution in [3.63, 3.8) is 0 Å². The van der Waals surface area contributed by atoms with Gasteiger partial charge in [0.2, 0.25) is 0 Å². The van der Waals surface area contributed by atoms with Crippen molar-refractivity contribution in [2.75, 3.05) is 11.9 Å². The van der Waals surface area contributed by atoms with E-state index in [2.05, 4.69) is 10.3 Å². The molecular weight excluding hydrogens is 296 g/mol. The van der Waals surface area contributed by atoms with Gasteiger partial charge in [0.15, 0.2) is 0 Å². The normalized spacial score (nSPS) is 10.6. The predicted octanol–water partition coefficient (Wildman–Crippen LogP) is 4.26. The minimum absolute atomic E-state index is 0.128. The Morgan fingerprint density at radius 3 is 2.73 bits per heavy atom. The van der Waals surface area contributed by atoms with E-state index >= 15 is 0 Å². The summed E-state index contributed by atoms with van der Waals surface area (Å²) >= 11 is 1.59. The number of benzene rings is 2. The summed E-state index contributed by atoms with van der Waals surface area (Å²) in [6.45, 7) is 4.53. The van der Waals surface area contributed by atoms with Gasteiger partial charge in [-0.3, -0.25) is 4.79 Å². The zero-order valence-electron chi connectivity index (χ0n) is 12.4. The van der Waals surface area contributed by atoms with Crippen molar-refractivity contribution in [2.45, 2.75) is 13.8 Å². The molecule has 0 saturated heterocycles. The molecule has 3 aromatic rings. The smallest absolute Gasteiger partial charge is 0.255 e. The Labute approximate surface area is 132 Å². The van der Waals surface area contributed by atoms with Crippen molar-refractivity contribution in [1.29, 1.82) is 0 Å². The van der Waals surface area contributed by atoms with Crippen LogP contribution in [-0.4, -0.2) is 17.5 Å². The third-order valence-corrected chi connectivity index (χ3v) is 4.11. The summed E-state index contributed by atoms with van der Waals surface area (Å²) < 4.78 is 6.41. The minimum atomic E-state index is -0.128. The molecule has 0 aliphatic carbocycles. The molecule has 0 bridgehead atoms. The molecule has 1 aromatic heterocycles. The second-order valence-corrected chi connectivity index (χ2v) is 6.06. The SMILES string of the molecule is CCOc1ccc(NC(=O)c2ccc3nc(C)sc3c2)cc1. The van der Waals surface area contributed by atoms with Crippen molar-refractivity contribution in [3.05, 3.63) is 53.0 Å². The van der Waals surface area contributed by atoms with Gasteiger partial charge in [-0.25, -0.2) is 4.98 Å². The van der Waals surface area contributed by atoms with Gasteiger partial charge in [0.1, 0.15) is 5.75 Å². The molecule has 0 atom stereocenters. The molecule has 0 spiro atoms. The number of nitrogens with zero attached hydrogens (tertiary/aromatic N) is 1. The maximum Gasteiger partial charge on any atom is 0.255 e. The van der Waals surface area contributed by atoms with E-state index in [9.17, 15) is 4.79 Å². The number of thiazole rings is 1. The monoisotopic (exact) mass is 312 g/mol. The van der Waals surface area contributed by atoms with Gasteiger partial charge in [0.25, 0.3) is 5.91 Å². The van der Waals surface area contributed by atoms with Crippen LogP contribution in [0.15, 0.2) is 42.5 Å². The summed E-state index contributed by atoms with van der Waals surface area (Å²) in [5.74, 6) is 0.666. The van der Waals surface area contributed by atoms with Crippen LogP contribution in [0.2, 0.25) is 0 Å². The quantitative estimate of drug-likeness (QED) is 0.783. The molecule has 2 aromatic carbocycles. The van der Waals surface area contributed by atoms with Gasteiger partial charge in [0.05, 0.1) is 21.8 Å². The Morgan fingerprint density at radius 2 is 2.00 bits per heavy atom. The lowest BCUT2D eigenvalue weighted by molar-refractivity contribution is 0.102. The van der Waals surface area contributed by atoms with Gasteiger partial charge in [0, 0.05) is 11.3 Å². The first-order valence-electron chi connectivity index (χ1n) is 7.07. The fourth-order valence-electron chi connectivity index (χ4n) is 2.19. The average Bonchev–Trinajstić information content (AvgIpc) is 2.88. The fraction of sp³-hybridized carbons (Fsp3) is 0.176. The molecule has 0 aliphatic heterocycles. The highest BCUT2D eigenvalue weighted by molar-refractivity contribution is 7.18. The van der Waals surface area contributed by atoms with E-state index in [1.54, 1.807) is 17.4 Å². The standard InChI is InChI=1S/C17H16N2O2S/c1-3-21-14-7-5-13(6-8-14)19-17(20)12-4-9-15-16(10-12)22-11(2)18-15/h4-10H,3H2,1-2H3,(H,19,20). The van der Waals surface area contributed by atoms with E-state index in [-0.39, 0.29) is 5.91 Å². The first kappa shape index (κ1) is 14.5. The second kappa shape index (κ2) is 6.15. The van der Waals surface area contributed by atoms with Crippen LogP contribution in [0.1, 0.15) is 22.3 Å². The molecule has 0 fully saturated rings. The zero-order chi connectivity index (χ0) is 15.5. The molecule has 4 nitrogen and oxygen atoms in total. The number of aryl methyl sites for hydroxylation is 1. The average molecular weight is 312 g/mol. The van der Waals surface area contributed by atoms with Crippen LogP contribution in [0.25, 0.3) is 10.2 Å². The summed E-state index contributed by atoms with van der Waals surface area (Å²) in [4.78, 5) is 16.7. The first-order chi connectivity index (χ1) is 10.7. The van der Waals surface area contributed by atoms with Crippen molar-refractivity contribution in [2.24, 2.45) is 0 Å². The van der Waals surface area contributed by atoms with Crippen LogP contribution in [-0.2, 0) is 0 Å². The molecule has 3 rings (SSSR count). The molecule has 0 radical (unpaired) electrons. The topological polar surface area (TPSA) is 51.2 Å². The fourth-order valence-corrected chi connectivity index (χ4v) is 3.05. The molecule has 0 aliphatic rings. The van der Waals surface area contributed by atoms with Crippen molar-refractivity contribution >= 4 is 33.1 Å². The Hall–Kier alpha value is -2.40. The molecule has 5 heteroatoms. The first-order valence-corrected chi connectivity index (χ1v) is 7.89. The van der Waals surface area contributed by atoms with Crippen LogP contribution >= 0.6 is 11.3 Å². The summed E-state index contributed by atoms with van der Waals surface area (Å²) in [7, 11) is 0. The summed E-state index contributed by atoms with van der Waals surface area (Å²) in [5, 5.41) is 3.89. The molecule has 1 heterocycles. The second-order valence-electron chi connectivity index (χ2n) is 4.83. The summed E-state index contributed by atoms with van der Waals surface area (Å²) in [6.07, 6.45) is 0. The van der Waals surface area contributed by atoms with Crippen LogP contribution < -0.4 is 10.1 Å². The van der Waals surface area contributed by atoms with Gasteiger partial charge in [-0.1, -0.05) is 0 Å². The highest BCUT2D eigenvalue weighted by Gasteiger charge is 2.09. The number of fused-ring (bicyclic) bond motifs is 1. The summed E-state index contributed by atoms with van der Waals surface area (Å²) in [6, 6.07) is 12.9. The lowest BCUT2D eigenvalue weighted by atomic mass is 10.2. The van der Waals surface area contributed by atoms with Gasteiger partial charge >= 0.3 is 0 Å². The van der Waals surface area contributed by atoms with E-state index in [1.165, 1.54) is 0 Å². The van der Waals surface area contributed by atoms with Crippen molar-refractivity contribution in [3.8, 4) is 5.75 Å². The minimum Gasteiger partial charge on any atom is -0.494 e. The number of carbonyl (C=O) groups is 1. The van der Waals surface area contributed by atoms with E-state index in [4.69, 9.17) is 4.74 Å². The Balaban J connectivity index is 1.77. The number of amides is 1. The van der Waals surface area contributed by atoms with Crippen molar-refractivity contribution < 1.29 is 9.53 Å². The number of nitrogens with one attached hydrogen (secondary N) is 1. The number of anilines is 1. The Kier molecular flexibility index (Phi) is 4.06. The van der Waals surface area contributed by atoms with Crippen LogP contribution in [0.5, 0.6) is 5.75 Å². The number of hydrogen-bond acceptors (Lipinski definition) is 4. The van der Waals surface area contributed by atoms with Crippen LogP contribution in [0.3, 0.4) is 0 Å². The molecule has 112 valence electrons. The molecule has 22 heavy (non-hydrogen) atoms. The molecule has 1 N–H and O–H groups in total. The summed E-state index contributed by atoms with van der Waals surface area (Å²) in [5.41, 5.74) is 2.30. The lowest BCUT2D eigenvalue weighted by Gasteiger charge is -2.07. The van der Waals surface area contributed by atoms with Crippen LogP contribution in [0, 0.1) is 6.92 Å². The maximum absolute atomic E-state index is 12.3. The number of rotatable bonds is 4. The van der Waals surface area contributed by atoms with E-state index in [0.717, 1.165) is 26.7 Å². The number of carbonyl (C=O) groups excluding carboxylic acids is 1. The number of hydrogen-bond donors (Lipinski definition) is 1. The van der Waals surface area contributed by atoms with E-state index in [1.807, 2.05) is 50.2 Å². The Morgan fingerprint density at radius 1 is 1.23 bits per heavy atom. The lowest BCUT2D eigenvalue weighted by Crippen LogP contribution is -2.11. The van der Waals surface area contributed by atoms with Crippen molar-refractivity contribution in [1.82, 2.24) is 4.98 Å². The van der Waals surface area contributed by atoms with Gasteiger partial charge in [-0.2, -0.15) is 0 Å². The van der Waals surface area contributed by atoms with Gasteiger partial charge in [-0.15, -0.1) is 11.3 Å². The zero-order valence-corrected chi connectivity index (χ0v) is 13.2. The van der Waals surface area contributed by atoms with E-state index in [0.29, 0.717) is 12.2 Å². The largest absolute Gasteiger partial charge is 0.494 e. The Bertz CT molecular complexity index is 809. The molecule has 0 saturated carbocycles. The number of ether oxygens (including phenoxy) is 1. The maximum atomic E-state index is 12.3. The van der Waals surface area contributed by atoms with E-state index < -0.39 is 0 Å². The highest BCUT2D eigenvalue weighted by Crippen LogP contribution is 2.23. The third-order valence-electron chi connectivity index (χ3n) is 3.18. The molecular formula is C17H16N2O2S. The molecule has 0 unspecified atom stereocenters. The highest BCUT2D eigenvalue weighted by atomic mass is 32.1. The number of aromatic nitrogens is 1. The van der Waals surface area contributed by atoms with Crippen LogP contribution in [0.4, 0.5) is 5.69 Å². The molecule has 1 amide bonds. The van der Waals surface area contributed by atoms with Gasteiger partial charge < -0.3 is 10.1 Å².